The predicted octanol–water partition coefficient (Wildman–Crippen LogP) is 3.06. The largest absolute Gasteiger partial charge is 0.379 e. The van der Waals surface area contributed by atoms with Crippen molar-refractivity contribution in [2.24, 2.45) is 0 Å². The first-order valence-electron chi connectivity index (χ1n) is 8.52. The van der Waals surface area contributed by atoms with Gasteiger partial charge in [0.2, 0.25) is 0 Å². The molecule has 0 radical (unpaired) electrons. The van der Waals surface area contributed by atoms with Gasteiger partial charge in [0.05, 0.1) is 18.1 Å². The highest BCUT2D eigenvalue weighted by atomic mass is 16.6. The third-order valence-corrected chi connectivity index (χ3v) is 4.09. The maximum absolute atomic E-state index is 12.4. The van der Waals surface area contributed by atoms with Gasteiger partial charge < -0.3 is 15.0 Å². The molecule has 0 atom stereocenters. The molecule has 1 heterocycles. The van der Waals surface area contributed by atoms with Crippen molar-refractivity contribution in [3.8, 4) is 0 Å². The average molecular weight is 335 g/mol. The molecule has 1 fully saturated rings. The number of nitrogens with zero attached hydrogens (tertiary/aromatic N) is 2. The molecule has 0 unspecified atom stereocenters. The Morgan fingerprint density at radius 3 is 2.71 bits per heavy atom. The molecule has 1 aromatic carbocycles. The van der Waals surface area contributed by atoms with E-state index in [1.165, 1.54) is 6.07 Å². The number of anilines is 1. The summed E-state index contributed by atoms with van der Waals surface area (Å²) in [5.41, 5.74) is 0.764. The van der Waals surface area contributed by atoms with Gasteiger partial charge in [-0.15, -0.1) is 0 Å². The zero-order valence-corrected chi connectivity index (χ0v) is 14.1. The Balaban J connectivity index is 2.05. The summed E-state index contributed by atoms with van der Waals surface area (Å²) in [5.74, 6) is -0.184. The summed E-state index contributed by atoms with van der Waals surface area (Å²) >= 11 is 0. The molecule has 0 aromatic heterocycles. The molecule has 0 aliphatic carbocycles. The Hall–Kier alpha value is -2.15. The molecule has 7 nitrogen and oxygen atoms in total. The number of unbranched alkanes of at least 4 members (excludes halogenated alkanes) is 3. The van der Waals surface area contributed by atoms with Crippen LogP contribution in [0.3, 0.4) is 0 Å². The molecular weight excluding hydrogens is 310 g/mol. The highest BCUT2D eigenvalue weighted by molar-refractivity contribution is 5.95. The van der Waals surface area contributed by atoms with Crippen molar-refractivity contribution >= 4 is 17.3 Å². The summed E-state index contributed by atoms with van der Waals surface area (Å²) in [4.78, 5) is 25.0. The Morgan fingerprint density at radius 1 is 1.29 bits per heavy atom. The van der Waals surface area contributed by atoms with Gasteiger partial charge in [-0.25, -0.2) is 0 Å². The number of ether oxygens (including phenoxy) is 1. The van der Waals surface area contributed by atoms with Gasteiger partial charge in [-0.3, -0.25) is 14.9 Å². The van der Waals surface area contributed by atoms with E-state index in [2.05, 4.69) is 12.2 Å². The van der Waals surface area contributed by atoms with E-state index in [1.807, 2.05) is 0 Å². The minimum Gasteiger partial charge on any atom is -0.379 e. The number of amides is 1. The van der Waals surface area contributed by atoms with Crippen LogP contribution in [0.25, 0.3) is 0 Å². The van der Waals surface area contributed by atoms with Crippen LogP contribution in [-0.4, -0.2) is 48.6 Å². The first-order valence-corrected chi connectivity index (χ1v) is 8.52. The summed E-state index contributed by atoms with van der Waals surface area (Å²) in [6, 6.07) is 4.65. The standard InChI is InChI=1S/C17H25N3O4/c1-2-3-4-5-8-18-15-7-6-14(13-16(15)20(22)23)17(21)19-9-11-24-12-10-19/h6-7,13,18H,2-5,8-12H2,1H3. The maximum Gasteiger partial charge on any atom is 0.293 e. The molecule has 0 bridgehead atoms. The van der Waals surface area contributed by atoms with Crippen molar-refractivity contribution < 1.29 is 14.5 Å². The van der Waals surface area contributed by atoms with Gasteiger partial charge in [-0.1, -0.05) is 26.2 Å². The van der Waals surface area contributed by atoms with Crippen LogP contribution in [0.2, 0.25) is 0 Å². The van der Waals surface area contributed by atoms with E-state index in [0.717, 1.165) is 25.7 Å². The molecule has 1 saturated heterocycles. The number of nitrogens with one attached hydrogen (secondary N) is 1. The first-order chi connectivity index (χ1) is 11.6. The third kappa shape index (κ3) is 4.92. The molecule has 132 valence electrons. The lowest BCUT2D eigenvalue weighted by molar-refractivity contribution is -0.384. The number of rotatable bonds is 8. The molecule has 1 amide bonds. The first kappa shape index (κ1) is 18.2. The van der Waals surface area contributed by atoms with Gasteiger partial charge in [0.1, 0.15) is 5.69 Å². The minimum absolute atomic E-state index is 0.0513. The van der Waals surface area contributed by atoms with Crippen molar-refractivity contribution in [3.63, 3.8) is 0 Å². The van der Waals surface area contributed by atoms with Crippen LogP contribution >= 0.6 is 0 Å². The number of hydrogen-bond donors (Lipinski definition) is 1. The van der Waals surface area contributed by atoms with Crippen LogP contribution in [0.1, 0.15) is 43.0 Å². The quantitative estimate of drug-likeness (QED) is 0.448. The Bertz CT molecular complexity index is 571. The SMILES string of the molecule is CCCCCCNc1ccc(C(=O)N2CCOCC2)cc1[N+](=O)[O-]. The van der Waals surface area contributed by atoms with E-state index in [0.29, 0.717) is 44.1 Å². The van der Waals surface area contributed by atoms with Crippen LogP contribution in [0.4, 0.5) is 11.4 Å². The van der Waals surface area contributed by atoms with Crippen LogP contribution in [0.5, 0.6) is 0 Å². The molecule has 1 N–H and O–H groups in total. The Kier molecular flexibility index (Phi) is 6.99. The monoisotopic (exact) mass is 335 g/mol. The third-order valence-electron chi connectivity index (χ3n) is 4.09. The van der Waals surface area contributed by atoms with Gasteiger partial charge in [-0.2, -0.15) is 0 Å². The fourth-order valence-corrected chi connectivity index (χ4v) is 2.69. The number of morpholine rings is 1. The molecule has 24 heavy (non-hydrogen) atoms. The Morgan fingerprint density at radius 2 is 2.04 bits per heavy atom. The van der Waals surface area contributed by atoms with Crippen LogP contribution < -0.4 is 5.32 Å². The summed E-state index contributed by atoms with van der Waals surface area (Å²) in [5, 5.41) is 14.4. The molecule has 2 rings (SSSR count). The van der Waals surface area contributed by atoms with Crippen molar-refractivity contribution in [1.29, 1.82) is 0 Å². The molecular formula is C17H25N3O4. The Labute approximate surface area is 142 Å². The normalized spacial score (nSPS) is 14.5. The van der Waals surface area contributed by atoms with Crippen molar-refractivity contribution in [1.82, 2.24) is 4.90 Å². The number of carbonyl (C=O) groups excluding carboxylic acids is 1. The molecule has 1 aliphatic heterocycles. The van der Waals surface area contributed by atoms with Gasteiger partial charge in [0.15, 0.2) is 0 Å². The number of nitro benzene ring substituents is 1. The van der Waals surface area contributed by atoms with Gasteiger partial charge >= 0.3 is 0 Å². The minimum atomic E-state index is -0.440. The highest BCUT2D eigenvalue weighted by Crippen LogP contribution is 2.26. The van der Waals surface area contributed by atoms with E-state index in [4.69, 9.17) is 4.74 Å². The molecule has 0 saturated carbocycles. The van der Waals surface area contributed by atoms with Crippen molar-refractivity contribution in [2.45, 2.75) is 32.6 Å². The summed E-state index contributed by atoms with van der Waals surface area (Å²) in [6.07, 6.45) is 4.39. The second-order valence-corrected chi connectivity index (χ2v) is 5.88. The summed E-state index contributed by atoms with van der Waals surface area (Å²) in [7, 11) is 0. The maximum atomic E-state index is 12.4. The highest BCUT2D eigenvalue weighted by Gasteiger charge is 2.22. The summed E-state index contributed by atoms with van der Waals surface area (Å²) < 4.78 is 5.23. The van der Waals surface area contributed by atoms with Crippen molar-refractivity contribution in [2.75, 3.05) is 38.2 Å². The molecule has 1 aromatic rings. The zero-order valence-electron chi connectivity index (χ0n) is 14.1. The van der Waals surface area contributed by atoms with E-state index < -0.39 is 4.92 Å². The van der Waals surface area contributed by atoms with Gasteiger partial charge in [-0.05, 0) is 18.6 Å². The zero-order chi connectivity index (χ0) is 17.4. The average Bonchev–Trinajstić information content (AvgIpc) is 2.61. The number of nitro groups is 1. The predicted molar refractivity (Wildman–Crippen MR) is 92.5 cm³/mol. The van der Waals surface area contributed by atoms with Crippen LogP contribution in [-0.2, 0) is 4.74 Å². The van der Waals surface area contributed by atoms with Gasteiger partial charge in [0.25, 0.3) is 11.6 Å². The number of carbonyl (C=O) groups is 1. The van der Waals surface area contributed by atoms with E-state index >= 15 is 0 Å². The van der Waals surface area contributed by atoms with E-state index in [1.54, 1.807) is 17.0 Å². The van der Waals surface area contributed by atoms with E-state index in [9.17, 15) is 14.9 Å². The molecule has 0 spiro atoms. The van der Waals surface area contributed by atoms with Gasteiger partial charge in [0, 0.05) is 31.3 Å². The lowest BCUT2D eigenvalue weighted by Crippen LogP contribution is -2.40. The van der Waals surface area contributed by atoms with Crippen molar-refractivity contribution in [3.05, 3.63) is 33.9 Å². The topological polar surface area (TPSA) is 84.7 Å². The number of hydrogen-bond acceptors (Lipinski definition) is 5. The smallest absolute Gasteiger partial charge is 0.293 e. The van der Waals surface area contributed by atoms with Crippen LogP contribution in [0.15, 0.2) is 18.2 Å². The number of benzene rings is 1. The fraction of sp³-hybridized carbons (Fsp3) is 0.588. The lowest BCUT2D eigenvalue weighted by atomic mass is 10.1. The second-order valence-electron chi connectivity index (χ2n) is 5.88. The fourth-order valence-electron chi connectivity index (χ4n) is 2.69. The molecule has 1 aliphatic rings. The van der Waals surface area contributed by atoms with Crippen LogP contribution in [0, 0.1) is 10.1 Å². The van der Waals surface area contributed by atoms with E-state index in [-0.39, 0.29) is 11.6 Å². The second kappa shape index (κ2) is 9.22. The molecule has 7 heteroatoms. The summed E-state index contributed by atoms with van der Waals surface area (Å²) in [6.45, 7) is 4.88. The lowest BCUT2D eigenvalue weighted by Gasteiger charge is -2.26.